The van der Waals surface area contributed by atoms with Crippen LogP contribution in [-0.4, -0.2) is 66.0 Å². The van der Waals surface area contributed by atoms with Crippen LogP contribution in [-0.2, 0) is 19.1 Å². The third-order valence-electron chi connectivity index (χ3n) is 3.93. The summed E-state index contributed by atoms with van der Waals surface area (Å²) in [6.07, 6.45) is 0.653. The van der Waals surface area contributed by atoms with Crippen LogP contribution in [0.2, 0.25) is 0 Å². The second-order valence-electron chi connectivity index (χ2n) is 7.41. The van der Waals surface area contributed by atoms with Crippen molar-refractivity contribution < 1.29 is 23.9 Å². The van der Waals surface area contributed by atoms with Crippen LogP contribution in [0.3, 0.4) is 0 Å². The summed E-state index contributed by atoms with van der Waals surface area (Å²) in [5.41, 5.74) is -0.649. The number of nitrogens with zero attached hydrogens (tertiary/aromatic N) is 1. The minimum Gasteiger partial charge on any atom is -0.444 e. The largest absolute Gasteiger partial charge is 0.444 e. The number of rotatable bonds is 5. The minimum atomic E-state index is -0.837. The third-order valence-corrected chi connectivity index (χ3v) is 3.93. The van der Waals surface area contributed by atoms with Crippen molar-refractivity contribution >= 4 is 23.8 Å². The number of likely N-dealkylation sites (N-methyl/N-ethyl adjacent to an activating group) is 1. The van der Waals surface area contributed by atoms with Crippen LogP contribution in [0.15, 0.2) is 0 Å². The van der Waals surface area contributed by atoms with Crippen molar-refractivity contribution in [2.45, 2.75) is 71.2 Å². The first-order chi connectivity index (χ1) is 12.0. The standard InChI is InChI=1S/C17H30N4O5/c1-10(13(22)18-6)19-14(23)11(2)20-15(24)12-8-7-9-21(12)16(25)26-17(3,4)5/h10-12H,7-9H2,1-6H3,(H,18,22)(H,19,23)(H,20,24)/t10-,11-,12-/m0/s1. The van der Waals surface area contributed by atoms with Gasteiger partial charge in [0.2, 0.25) is 17.7 Å². The van der Waals surface area contributed by atoms with Crippen molar-refractivity contribution in [1.82, 2.24) is 20.9 Å². The summed E-state index contributed by atoms with van der Waals surface area (Å²) in [6, 6.07) is -2.22. The summed E-state index contributed by atoms with van der Waals surface area (Å²) in [4.78, 5) is 49.7. The summed E-state index contributed by atoms with van der Waals surface area (Å²) in [5, 5.41) is 7.55. The van der Waals surface area contributed by atoms with Gasteiger partial charge in [0.15, 0.2) is 0 Å². The molecule has 1 aliphatic heterocycles. The van der Waals surface area contributed by atoms with Gasteiger partial charge in [-0.15, -0.1) is 0 Å². The highest BCUT2D eigenvalue weighted by Gasteiger charge is 2.37. The van der Waals surface area contributed by atoms with Gasteiger partial charge in [0.25, 0.3) is 0 Å². The van der Waals surface area contributed by atoms with Crippen LogP contribution in [0, 0.1) is 0 Å². The van der Waals surface area contributed by atoms with E-state index in [2.05, 4.69) is 16.0 Å². The van der Waals surface area contributed by atoms with E-state index in [-0.39, 0.29) is 5.91 Å². The molecule has 4 amide bonds. The van der Waals surface area contributed by atoms with Crippen molar-refractivity contribution in [1.29, 1.82) is 0 Å². The number of nitrogens with one attached hydrogen (secondary N) is 3. The molecule has 0 aromatic rings. The second kappa shape index (κ2) is 8.86. The summed E-state index contributed by atoms with van der Waals surface area (Å²) in [6.45, 7) is 8.78. The maximum atomic E-state index is 12.5. The van der Waals surface area contributed by atoms with Gasteiger partial charge in [0.05, 0.1) is 0 Å². The molecule has 3 N–H and O–H groups in total. The molecular weight excluding hydrogens is 340 g/mol. The molecule has 1 heterocycles. The molecule has 26 heavy (non-hydrogen) atoms. The van der Waals surface area contributed by atoms with Gasteiger partial charge in [-0.3, -0.25) is 19.3 Å². The first kappa shape index (κ1) is 21.7. The number of amides is 4. The Morgan fingerprint density at radius 3 is 2.15 bits per heavy atom. The third kappa shape index (κ3) is 6.20. The summed E-state index contributed by atoms with van der Waals surface area (Å²) in [7, 11) is 1.47. The molecule has 148 valence electrons. The molecule has 0 bridgehead atoms. The van der Waals surface area contributed by atoms with E-state index in [0.717, 1.165) is 0 Å². The Labute approximate surface area is 154 Å². The zero-order chi connectivity index (χ0) is 20.1. The predicted octanol–water partition coefficient (Wildman–Crippen LogP) is 0.141. The van der Waals surface area contributed by atoms with Crippen LogP contribution >= 0.6 is 0 Å². The fourth-order valence-electron chi connectivity index (χ4n) is 2.57. The maximum absolute atomic E-state index is 12.5. The molecule has 0 aromatic carbocycles. The van der Waals surface area contributed by atoms with E-state index in [4.69, 9.17) is 4.74 Å². The lowest BCUT2D eigenvalue weighted by atomic mass is 10.2. The normalized spacial score (nSPS) is 19.3. The molecule has 0 radical (unpaired) electrons. The van der Waals surface area contributed by atoms with Crippen LogP contribution in [0.25, 0.3) is 0 Å². The topological polar surface area (TPSA) is 117 Å². The molecular formula is C17H30N4O5. The zero-order valence-corrected chi connectivity index (χ0v) is 16.3. The van der Waals surface area contributed by atoms with Crippen LogP contribution in [0.1, 0.15) is 47.5 Å². The monoisotopic (exact) mass is 370 g/mol. The quantitative estimate of drug-likeness (QED) is 0.636. The highest BCUT2D eigenvalue weighted by Crippen LogP contribution is 2.21. The Balaban J connectivity index is 2.63. The summed E-state index contributed by atoms with van der Waals surface area (Å²) in [5.74, 6) is -1.22. The lowest BCUT2D eigenvalue weighted by Gasteiger charge is -2.28. The molecule has 3 atom stereocenters. The molecule has 1 saturated heterocycles. The molecule has 9 nitrogen and oxygen atoms in total. The number of carbonyl (C=O) groups is 4. The summed E-state index contributed by atoms with van der Waals surface area (Å²) >= 11 is 0. The van der Waals surface area contributed by atoms with E-state index >= 15 is 0 Å². The van der Waals surface area contributed by atoms with Crippen molar-refractivity contribution in [3.05, 3.63) is 0 Å². The zero-order valence-electron chi connectivity index (χ0n) is 16.3. The predicted molar refractivity (Wildman–Crippen MR) is 95.2 cm³/mol. The van der Waals surface area contributed by atoms with Gasteiger partial charge >= 0.3 is 6.09 Å². The van der Waals surface area contributed by atoms with E-state index in [1.165, 1.54) is 18.9 Å². The van der Waals surface area contributed by atoms with Crippen molar-refractivity contribution in [2.24, 2.45) is 0 Å². The minimum absolute atomic E-state index is 0.330. The van der Waals surface area contributed by atoms with Gasteiger partial charge in [0, 0.05) is 13.6 Å². The van der Waals surface area contributed by atoms with E-state index in [0.29, 0.717) is 19.4 Å². The van der Waals surface area contributed by atoms with Gasteiger partial charge in [-0.2, -0.15) is 0 Å². The molecule has 0 aromatic heterocycles. The molecule has 9 heteroatoms. The Morgan fingerprint density at radius 2 is 1.62 bits per heavy atom. The van der Waals surface area contributed by atoms with Gasteiger partial charge in [-0.25, -0.2) is 4.79 Å². The fraction of sp³-hybridized carbons (Fsp3) is 0.765. The molecule has 1 fully saturated rings. The van der Waals surface area contributed by atoms with Crippen molar-refractivity contribution in [3.8, 4) is 0 Å². The number of ether oxygens (including phenoxy) is 1. The molecule has 0 unspecified atom stereocenters. The SMILES string of the molecule is CNC(=O)[C@H](C)NC(=O)[C@H](C)NC(=O)[C@@H]1CCCN1C(=O)OC(C)(C)C. The Hall–Kier alpha value is -2.32. The average Bonchev–Trinajstić information content (AvgIpc) is 3.01. The Kier molecular flexibility index (Phi) is 7.41. The van der Waals surface area contributed by atoms with E-state index in [1.807, 2.05) is 0 Å². The molecule has 0 aliphatic carbocycles. The number of likely N-dealkylation sites (tertiary alicyclic amines) is 1. The average molecular weight is 370 g/mol. The molecule has 0 spiro atoms. The highest BCUT2D eigenvalue weighted by molar-refractivity contribution is 5.93. The smallest absolute Gasteiger partial charge is 0.410 e. The molecule has 1 aliphatic rings. The van der Waals surface area contributed by atoms with Crippen molar-refractivity contribution in [3.63, 3.8) is 0 Å². The molecule has 0 saturated carbocycles. The van der Waals surface area contributed by atoms with Gasteiger partial charge in [0.1, 0.15) is 23.7 Å². The van der Waals surface area contributed by atoms with Crippen LogP contribution in [0.5, 0.6) is 0 Å². The number of hydrogen-bond donors (Lipinski definition) is 3. The fourth-order valence-corrected chi connectivity index (χ4v) is 2.57. The first-order valence-corrected chi connectivity index (χ1v) is 8.78. The second-order valence-corrected chi connectivity index (χ2v) is 7.41. The van der Waals surface area contributed by atoms with Gasteiger partial charge < -0.3 is 20.7 Å². The molecule has 1 rings (SSSR count). The lowest BCUT2D eigenvalue weighted by molar-refractivity contribution is -0.132. The summed E-state index contributed by atoms with van der Waals surface area (Å²) < 4.78 is 5.33. The van der Waals surface area contributed by atoms with E-state index < -0.39 is 41.6 Å². The lowest BCUT2D eigenvalue weighted by Crippen LogP contribution is -2.54. The highest BCUT2D eigenvalue weighted by atomic mass is 16.6. The number of hydrogen-bond acceptors (Lipinski definition) is 5. The van der Waals surface area contributed by atoms with Gasteiger partial charge in [-0.05, 0) is 47.5 Å². The van der Waals surface area contributed by atoms with Crippen molar-refractivity contribution in [2.75, 3.05) is 13.6 Å². The maximum Gasteiger partial charge on any atom is 0.410 e. The Morgan fingerprint density at radius 1 is 1.04 bits per heavy atom. The van der Waals surface area contributed by atoms with Gasteiger partial charge in [-0.1, -0.05) is 0 Å². The van der Waals surface area contributed by atoms with Crippen LogP contribution in [0.4, 0.5) is 4.79 Å². The first-order valence-electron chi connectivity index (χ1n) is 8.78. The van der Waals surface area contributed by atoms with E-state index in [1.54, 1.807) is 27.7 Å². The Bertz CT molecular complexity index is 558. The number of carbonyl (C=O) groups excluding carboxylic acids is 4. The van der Waals surface area contributed by atoms with E-state index in [9.17, 15) is 19.2 Å². The van der Waals surface area contributed by atoms with Crippen LogP contribution < -0.4 is 16.0 Å².